The lowest BCUT2D eigenvalue weighted by atomic mass is 9.88. The molecule has 24 heavy (non-hydrogen) atoms. The number of hydrogen-bond acceptors (Lipinski definition) is 4. The Morgan fingerprint density at radius 3 is 2.62 bits per heavy atom. The van der Waals surface area contributed by atoms with E-state index in [0.29, 0.717) is 29.2 Å². The molecule has 0 radical (unpaired) electrons. The minimum Gasteiger partial charge on any atom is -0.494 e. The van der Waals surface area contributed by atoms with Crippen molar-refractivity contribution in [2.75, 3.05) is 11.9 Å². The number of carbonyl (C=O) groups is 2. The van der Waals surface area contributed by atoms with Crippen molar-refractivity contribution in [1.29, 1.82) is 0 Å². The van der Waals surface area contributed by atoms with Gasteiger partial charge >= 0.3 is 0 Å². The molecular formula is C18H16BrNO4. The predicted octanol–water partition coefficient (Wildman–Crippen LogP) is 3.26. The van der Waals surface area contributed by atoms with Gasteiger partial charge in [-0.25, -0.2) is 0 Å². The first-order valence-electron chi connectivity index (χ1n) is 7.54. The van der Waals surface area contributed by atoms with E-state index in [0.717, 1.165) is 4.47 Å². The maximum Gasteiger partial charge on any atom is 0.261 e. The third kappa shape index (κ3) is 2.95. The largest absolute Gasteiger partial charge is 0.494 e. The van der Waals surface area contributed by atoms with Crippen molar-refractivity contribution in [3.05, 3.63) is 58.1 Å². The number of ketones is 1. The van der Waals surface area contributed by atoms with Crippen molar-refractivity contribution >= 4 is 33.3 Å². The first-order valence-corrected chi connectivity index (χ1v) is 8.33. The van der Waals surface area contributed by atoms with E-state index in [1.807, 2.05) is 6.92 Å². The van der Waals surface area contributed by atoms with Crippen molar-refractivity contribution in [2.24, 2.45) is 0 Å². The second-order valence-corrected chi connectivity index (χ2v) is 6.48. The zero-order valence-electron chi connectivity index (χ0n) is 13.0. The van der Waals surface area contributed by atoms with E-state index in [1.54, 1.807) is 42.5 Å². The van der Waals surface area contributed by atoms with Gasteiger partial charge in [-0.15, -0.1) is 0 Å². The normalized spacial score (nSPS) is 18.9. The Morgan fingerprint density at radius 2 is 1.96 bits per heavy atom. The van der Waals surface area contributed by atoms with Gasteiger partial charge in [-0.05, 0) is 49.4 Å². The number of hydrogen-bond donors (Lipinski definition) is 2. The number of benzene rings is 2. The van der Waals surface area contributed by atoms with Crippen LogP contribution in [0.4, 0.5) is 5.69 Å². The van der Waals surface area contributed by atoms with Gasteiger partial charge in [0.05, 0.1) is 13.0 Å². The summed E-state index contributed by atoms with van der Waals surface area (Å²) in [6.45, 7) is 2.42. The molecule has 0 spiro atoms. The van der Waals surface area contributed by atoms with E-state index in [-0.39, 0.29) is 12.2 Å². The molecule has 1 atom stereocenters. The molecule has 2 aromatic carbocycles. The molecule has 2 N–H and O–H groups in total. The van der Waals surface area contributed by atoms with Gasteiger partial charge in [0.2, 0.25) is 0 Å². The summed E-state index contributed by atoms with van der Waals surface area (Å²) in [6.07, 6.45) is -0.323. The molecule has 0 aliphatic carbocycles. The first kappa shape index (κ1) is 16.7. The summed E-state index contributed by atoms with van der Waals surface area (Å²) in [6, 6.07) is 11.8. The van der Waals surface area contributed by atoms with Crippen LogP contribution in [0.3, 0.4) is 0 Å². The average Bonchev–Trinajstić information content (AvgIpc) is 2.79. The molecule has 0 fully saturated rings. The third-order valence-corrected chi connectivity index (χ3v) is 4.45. The van der Waals surface area contributed by atoms with Crippen LogP contribution in [-0.2, 0) is 10.4 Å². The van der Waals surface area contributed by atoms with Gasteiger partial charge in [0.15, 0.2) is 11.4 Å². The van der Waals surface area contributed by atoms with Crippen LogP contribution in [0.15, 0.2) is 46.9 Å². The standard InChI is InChI=1S/C18H16BrNO4/c1-2-24-13-6-3-11(4-7-13)16(21)10-18(23)14-9-12(19)5-8-15(14)20-17(18)22/h3-9,23H,2,10H2,1H3,(H,20,22)/t18-/m1/s1. The molecule has 124 valence electrons. The molecule has 1 amide bonds. The van der Waals surface area contributed by atoms with Crippen molar-refractivity contribution in [1.82, 2.24) is 0 Å². The topological polar surface area (TPSA) is 75.6 Å². The first-order chi connectivity index (χ1) is 11.4. The zero-order chi connectivity index (χ0) is 17.3. The Kier molecular flexibility index (Phi) is 4.43. The number of anilines is 1. The van der Waals surface area contributed by atoms with Crippen LogP contribution in [-0.4, -0.2) is 23.4 Å². The molecule has 0 aromatic heterocycles. The number of carbonyl (C=O) groups excluding carboxylic acids is 2. The van der Waals surface area contributed by atoms with Gasteiger partial charge in [-0.2, -0.15) is 0 Å². The molecule has 0 saturated carbocycles. The van der Waals surface area contributed by atoms with Gasteiger partial charge in [-0.3, -0.25) is 9.59 Å². The van der Waals surface area contributed by atoms with E-state index in [9.17, 15) is 14.7 Å². The van der Waals surface area contributed by atoms with Crippen LogP contribution in [0.1, 0.15) is 29.3 Å². The number of nitrogens with one attached hydrogen (secondary N) is 1. The molecule has 0 bridgehead atoms. The summed E-state index contributed by atoms with van der Waals surface area (Å²) in [4.78, 5) is 24.7. The summed E-state index contributed by atoms with van der Waals surface area (Å²) in [7, 11) is 0. The monoisotopic (exact) mass is 389 g/mol. The van der Waals surface area contributed by atoms with Crippen LogP contribution in [0.5, 0.6) is 5.75 Å². The van der Waals surface area contributed by atoms with Gasteiger partial charge < -0.3 is 15.2 Å². The Hall–Kier alpha value is -2.18. The third-order valence-electron chi connectivity index (χ3n) is 3.95. The highest BCUT2D eigenvalue weighted by molar-refractivity contribution is 9.10. The fourth-order valence-electron chi connectivity index (χ4n) is 2.73. The molecule has 0 saturated heterocycles. The summed E-state index contributed by atoms with van der Waals surface area (Å²) in [5.41, 5.74) is -0.524. The Bertz CT molecular complexity index is 803. The molecule has 5 nitrogen and oxygen atoms in total. The number of Topliss-reactive ketones (excluding diaryl/α,β-unsaturated/α-hetero) is 1. The Balaban J connectivity index is 1.86. The molecule has 0 unspecified atom stereocenters. The molecule has 1 heterocycles. The number of aliphatic hydroxyl groups is 1. The van der Waals surface area contributed by atoms with Crippen LogP contribution in [0.2, 0.25) is 0 Å². The van der Waals surface area contributed by atoms with E-state index in [1.165, 1.54) is 0 Å². The SMILES string of the molecule is CCOc1ccc(C(=O)C[C@]2(O)C(=O)Nc3ccc(Br)cc32)cc1. The molecule has 2 aromatic rings. The minimum absolute atomic E-state index is 0.316. The number of fused-ring (bicyclic) bond motifs is 1. The summed E-state index contributed by atoms with van der Waals surface area (Å²) in [5, 5.41) is 13.4. The lowest BCUT2D eigenvalue weighted by Crippen LogP contribution is -2.36. The fraction of sp³-hybridized carbons (Fsp3) is 0.222. The van der Waals surface area contributed by atoms with Crippen LogP contribution >= 0.6 is 15.9 Å². The smallest absolute Gasteiger partial charge is 0.261 e. The summed E-state index contributed by atoms with van der Waals surface area (Å²) in [5.74, 6) is -0.237. The van der Waals surface area contributed by atoms with Gasteiger partial charge in [0, 0.05) is 21.3 Å². The molecule has 1 aliphatic rings. The second kappa shape index (κ2) is 6.37. The zero-order valence-corrected chi connectivity index (χ0v) is 14.6. The predicted molar refractivity (Wildman–Crippen MR) is 93.2 cm³/mol. The Morgan fingerprint density at radius 1 is 1.25 bits per heavy atom. The van der Waals surface area contributed by atoms with E-state index in [4.69, 9.17) is 4.74 Å². The lowest BCUT2D eigenvalue weighted by molar-refractivity contribution is -0.133. The highest BCUT2D eigenvalue weighted by Gasteiger charge is 2.46. The number of amides is 1. The van der Waals surface area contributed by atoms with Crippen molar-refractivity contribution < 1.29 is 19.4 Å². The average molecular weight is 390 g/mol. The van der Waals surface area contributed by atoms with E-state index in [2.05, 4.69) is 21.2 Å². The van der Waals surface area contributed by atoms with Crippen LogP contribution in [0.25, 0.3) is 0 Å². The number of rotatable bonds is 5. The van der Waals surface area contributed by atoms with Gasteiger partial charge in [-0.1, -0.05) is 15.9 Å². The van der Waals surface area contributed by atoms with Crippen LogP contribution < -0.4 is 10.1 Å². The molecule has 3 rings (SSSR count). The highest BCUT2D eigenvalue weighted by atomic mass is 79.9. The van der Waals surface area contributed by atoms with Crippen LogP contribution in [0, 0.1) is 0 Å². The second-order valence-electron chi connectivity index (χ2n) is 5.56. The maximum atomic E-state index is 12.5. The number of ether oxygens (including phenoxy) is 1. The summed E-state index contributed by atoms with van der Waals surface area (Å²) >= 11 is 3.32. The van der Waals surface area contributed by atoms with Crippen molar-refractivity contribution in [3.63, 3.8) is 0 Å². The highest BCUT2D eigenvalue weighted by Crippen LogP contribution is 2.40. The van der Waals surface area contributed by atoms with Crippen molar-refractivity contribution in [3.8, 4) is 5.75 Å². The van der Waals surface area contributed by atoms with Gasteiger partial charge in [0.25, 0.3) is 5.91 Å². The van der Waals surface area contributed by atoms with E-state index < -0.39 is 11.5 Å². The summed E-state index contributed by atoms with van der Waals surface area (Å²) < 4.78 is 6.07. The Labute approximate surface area is 147 Å². The quantitative estimate of drug-likeness (QED) is 0.769. The van der Waals surface area contributed by atoms with Crippen molar-refractivity contribution in [2.45, 2.75) is 18.9 Å². The fourth-order valence-corrected chi connectivity index (χ4v) is 3.09. The minimum atomic E-state index is -1.87. The lowest BCUT2D eigenvalue weighted by Gasteiger charge is -2.20. The van der Waals surface area contributed by atoms with Gasteiger partial charge in [0.1, 0.15) is 5.75 Å². The molecular weight excluding hydrogens is 374 g/mol. The van der Waals surface area contributed by atoms with E-state index >= 15 is 0 Å². The number of halogens is 1. The molecule has 6 heteroatoms. The molecule has 1 aliphatic heterocycles. The maximum absolute atomic E-state index is 12.5.